The van der Waals surface area contributed by atoms with Crippen LogP contribution in [0, 0.1) is 0 Å². The molecule has 224 valence electrons. The van der Waals surface area contributed by atoms with Gasteiger partial charge in [0, 0.05) is 27.7 Å². The van der Waals surface area contributed by atoms with Gasteiger partial charge in [0.15, 0.2) is 0 Å². The molecule has 8 rings (SSSR count). The second kappa shape index (κ2) is 12.5. The Bertz CT molecular complexity index is 2180. The van der Waals surface area contributed by atoms with E-state index in [0.29, 0.717) is 5.46 Å². The summed E-state index contributed by atoms with van der Waals surface area (Å²) in [7, 11) is -3.01. The van der Waals surface area contributed by atoms with Crippen LogP contribution in [0.3, 0.4) is 0 Å². The van der Waals surface area contributed by atoms with E-state index >= 15 is 0 Å². The Balaban J connectivity index is 1.53. The Hall–Kier alpha value is -5.32. The number of fused-ring (bicyclic) bond motifs is 3. The second-order valence-electron chi connectivity index (χ2n) is 11.5. The van der Waals surface area contributed by atoms with Gasteiger partial charge < -0.3 is 14.7 Å². The molecule has 0 radical (unpaired) electrons. The van der Waals surface area contributed by atoms with Crippen LogP contribution < -0.4 is 20.9 Å². The first-order valence-electron chi connectivity index (χ1n) is 15.6. The summed E-state index contributed by atoms with van der Waals surface area (Å²) in [5.41, 5.74) is 11.9. The third-order valence-corrected chi connectivity index (χ3v) is 11.0. The summed E-state index contributed by atoms with van der Waals surface area (Å²) in [5, 5.41) is 21.8. The highest BCUT2D eigenvalue weighted by atomic mass is 31.1. The van der Waals surface area contributed by atoms with Gasteiger partial charge in [0.1, 0.15) is 0 Å². The molecule has 7 aromatic rings. The monoisotopic (exact) mass is 624 g/mol. The summed E-state index contributed by atoms with van der Waals surface area (Å²) < 4.78 is 2.42. The third-order valence-electron chi connectivity index (χ3n) is 8.59. The Labute approximate surface area is 276 Å². The van der Waals surface area contributed by atoms with Gasteiger partial charge in [-0.05, 0) is 52.0 Å². The van der Waals surface area contributed by atoms with Crippen molar-refractivity contribution in [3.8, 4) is 44.6 Å². The van der Waals surface area contributed by atoms with Gasteiger partial charge in [-0.3, -0.25) is 0 Å². The highest BCUT2D eigenvalue weighted by Gasteiger charge is 2.37. The molecule has 0 saturated carbocycles. The Morgan fingerprint density at radius 3 is 1.74 bits per heavy atom. The summed E-state index contributed by atoms with van der Waals surface area (Å²) in [4.78, 5) is 5.61. The molecular weight excluding hydrogens is 594 g/mol. The van der Waals surface area contributed by atoms with Gasteiger partial charge in [0.25, 0.3) is 0 Å². The predicted molar refractivity (Wildman–Crippen MR) is 197 cm³/mol. The van der Waals surface area contributed by atoms with Crippen LogP contribution in [0.5, 0.6) is 0 Å². The lowest BCUT2D eigenvalue weighted by atomic mass is 9.79. The Morgan fingerprint density at radius 2 is 1.09 bits per heavy atom. The minimum Gasteiger partial charge on any atom is -0.423 e. The minimum absolute atomic E-state index is 0.451. The minimum atomic E-state index is -1.60. The normalized spacial score (nSPS) is 13.5. The lowest BCUT2D eigenvalue weighted by Crippen LogP contribution is -2.37. The van der Waals surface area contributed by atoms with E-state index in [1.54, 1.807) is 0 Å². The molecule has 1 atom stereocenters. The van der Waals surface area contributed by atoms with Gasteiger partial charge in [-0.15, -0.1) is 0 Å². The fraction of sp³-hybridized carbons (Fsp3) is 0. The summed E-state index contributed by atoms with van der Waals surface area (Å²) >= 11 is 0. The van der Waals surface area contributed by atoms with Gasteiger partial charge in [-0.1, -0.05) is 146 Å². The Morgan fingerprint density at radius 1 is 0.511 bits per heavy atom. The van der Waals surface area contributed by atoms with Crippen molar-refractivity contribution in [1.29, 1.82) is 0 Å². The number of benzene rings is 6. The smallest absolute Gasteiger partial charge is 0.423 e. The van der Waals surface area contributed by atoms with Gasteiger partial charge in [0.05, 0.1) is 24.9 Å². The number of anilines is 2. The molecule has 0 saturated heterocycles. The van der Waals surface area contributed by atoms with E-state index in [9.17, 15) is 10.0 Å². The van der Waals surface area contributed by atoms with Gasteiger partial charge in [-0.25, -0.2) is 4.98 Å². The molecule has 2 heterocycles. The highest BCUT2D eigenvalue weighted by molar-refractivity contribution is 7.75. The van der Waals surface area contributed by atoms with E-state index in [0.717, 1.165) is 66.8 Å². The number of aromatic nitrogens is 1. The van der Waals surface area contributed by atoms with Crippen LogP contribution in [0.4, 0.5) is 11.4 Å². The summed E-state index contributed by atoms with van der Waals surface area (Å²) in [6.07, 6.45) is 0. The molecule has 1 unspecified atom stereocenters. The number of nitrogens with zero attached hydrogens (tertiary/aromatic N) is 2. The molecule has 6 aromatic carbocycles. The molecule has 1 aliphatic heterocycles. The van der Waals surface area contributed by atoms with Gasteiger partial charge >= 0.3 is 7.12 Å². The topological polar surface area (TPSA) is 56.6 Å². The fourth-order valence-electron chi connectivity index (χ4n) is 6.42. The SMILES string of the molecule is OB(O)c1ccc2c(c1)P(c1nc(-c3ccccc3)cc(-c3ccccc3)c1-c1ccccc1)N(c1ccccc1)c1ccccc1-2. The molecule has 0 bridgehead atoms. The second-order valence-corrected chi connectivity index (χ2v) is 13.4. The van der Waals surface area contributed by atoms with E-state index < -0.39 is 15.2 Å². The lowest BCUT2D eigenvalue weighted by Gasteiger charge is -2.41. The number of pyridine rings is 1. The zero-order valence-electron chi connectivity index (χ0n) is 25.5. The third kappa shape index (κ3) is 5.35. The largest absolute Gasteiger partial charge is 0.488 e. The van der Waals surface area contributed by atoms with Crippen LogP contribution in [0.1, 0.15) is 0 Å². The molecule has 0 aliphatic carbocycles. The van der Waals surface area contributed by atoms with E-state index in [1.807, 2.05) is 54.6 Å². The highest BCUT2D eigenvalue weighted by Crippen LogP contribution is 2.57. The zero-order chi connectivity index (χ0) is 31.7. The molecule has 6 heteroatoms. The fourth-order valence-corrected chi connectivity index (χ4v) is 9.17. The number of rotatable bonds is 6. The maximum absolute atomic E-state index is 10.4. The molecule has 0 fully saturated rings. The zero-order valence-corrected chi connectivity index (χ0v) is 26.4. The molecule has 0 amide bonds. The van der Waals surface area contributed by atoms with Crippen LogP contribution >= 0.6 is 8.07 Å². The summed E-state index contributed by atoms with van der Waals surface area (Å²) in [5.74, 6) is 0. The van der Waals surface area contributed by atoms with E-state index in [4.69, 9.17) is 4.98 Å². The van der Waals surface area contributed by atoms with Gasteiger partial charge in [0.2, 0.25) is 0 Å². The van der Waals surface area contributed by atoms with Gasteiger partial charge in [-0.2, -0.15) is 0 Å². The van der Waals surface area contributed by atoms with Crippen molar-refractivity contribution >= 4 is 42.8 Å². The van der Waals surface area contributed by atoms with Crippen molar-refractivity contribution in [2.75, 3.05) is 4.67 Å². The average Bonchev–Trinajstić information content (AvgIpc) is 3.15. The molecule has 1 aliphatic rings. The first kappa shape index (κ1) is 29.1. The quantitative estimate of drug-likeness (QED) is 0.146. The number of hydrogen-bond acceptors (Lipinski definition) is 4. The summed E-state index contributed by atoms with van der Waals surface area (Å²) in [6.45, 7) is 0. The van der Waals surface area contributed by atoms with Crippen LogP contribution in [-0.2, 0) is 0 Å². The van der Waals surface area contributed by atoms with Crippen molar-refractivity contribution in [3.63, 3.8) is 0 Å². The number of para-hydroxylation sites is 2. The van der Waals surface area contributed by atoms with Crippen molar-refractivity contribution in [2.45, 2.75) is 0 Å². The van der Waals surface area contributed by atoms with E-state index in [1.165, 1.54) is 0 Å². The first-order chi connectivity index (χ1) is 23.2. The lowest BCUT2D eigenvalue weighted by molar-refractivity contribution is 0.426. The molecule has 1 aromatic heterocycles. The number of hydrogen-bond donors (Lipinski definition) is 2. The van der Waals surface area contributed by atoms with Crippen LogP contribution in [-0.4, -0.2) is 22.2 Å². The van der Waals surface area contributed by atoms with Crippen molar-refractivity contribution in [3.05, 3.63) is 170 Å². The maximum Gasteiger partial charge on any atom is 0.488 e. The average molecular weight is 624 g/mol. The van der Waals surface area contributed by atoms with Crippen LogP contribution in [0.2, 0.25) is 0 Å². The molecular formula is C41H30BN2O2P. The van der Waals surface area contributed by atoms with E-state index in [-0.39, 0.29) is 0 Å². The van der Waals surface area contributed by atoms with Crippen molar-refractivity contribution in [2.24, 2.45) is 0 Å². The molecule has 2 N–H and O–H groups in total. The first-order valence-corrected chi connectivity index (χ1v) is 16.9. The van der Waals surface area contributed by atoms with E-state index in [2.05, 4.69) is 120 Å². The van der Waals surface area contributed by atoms with Crippen LogP contribution in [0.15, 0.2) is 170 Å². The van der Waals surface area contributed by atoms with Crippen molar-refractivity contribution < 1.29 is 10.0 Å². The van der Waals surface area contributed by atoms with Crippen molar-refractivity contribution in [1.82, 2.24) is 4.98 Å². The Kier molecular flexibility index (Phi) is 7.72. The molecule has 4 nitrogen and oxygen atoms in total. The standard InChI is InChI=1S/C41H30BN2O2P/c45-42(46)32-25-26-35-34-23-13-14-24-38(34)44(33-21-11-4-12-22-33)47(39(35)27-32)41-40(31-19-9-3-10-20-31)36(29-15-5-1-6-16-29)28-37(43-41)30-17-7-2-8-18-30/h1-28,45-46H. The maximum atomic E-state index is 10.4. The summed E-state index contributed by atoms with van der Waals surface area (Å²) in [6, 6.07) is 58.3. The van der Waals surface area contributed by atoms with Crippen LogP contribution in [0.25, 0.3) is 44.6 Å². The predicted octanol–water partition coefficient (Wildman–Crippen LogP) is 7.93. The molecule has 0 spiro atoms. The molecule has 47 heavy (non-hydrogen) atoms.